The second-order valence-corrected chi connectivity index (χ2v) is 8.22. The van der Waals surface area contributed by atoms with Crippen LogP contribution in [0.2, 0.25) is 0 Å². The van der Waals surface area contributed by atoms with Gasteiger partial charge in [-0.15, -0.1) is 11.3 Å². The smallest absolute Gasteiger partial charge is 0.191 e. The lowest BCUT2D eigenvalue weighted by Crippen LogP contribution is -2.42. The summed E-state index contributed by atoms with van der Waals surface area (Å²) in [4.78, 5) is 12.0. The number of aliphatic imine (C=N–C) groups is 1. The second kappa shape index (κ2) is 10.4. The van der Waals surface area contributed by atoms with E-state index in [-0.39, 0.29) is 6.04 Å². The zero-order chi connectivity index (χ0) is 20.6. The molecule has 6 nitrogen and oxygen atoms in total. The molecule has 7 heteroatoms. The molecule has 0 amide bonds. The van der Waals surface area contributed by atoms with Crippen molar-refractivity contribution in [3.8, 4) is 10.6 Å². The molecule has 30 heavy (non-hydrogen) atoms. The highest BCUT2D eigenvalue weighted by Gasteiger charge is 2.25. The molecule has 2 aromatic heterocycles. The molecule has 3 aromatic rings. The van der Waals surface area contributed by atoms with Gasteiger partial charge < -0.3 is 15.1 Å². The number of thiazole rings is 1. The van der Waals surface area contributed by atoms with E-state index in [1.54, 1.807) is 17.6 Å². The van der Waals surface area contributed by atoms with Crippen LogP contribution in [0.1, 0.15) is 37.3 Å². The van der Waals surface area contributed by atoms with Gasteiger partial charge in [-0.25, -0.2) is 9.98 Å². The Morgan fingerprint density at radius 1 is 1.17 bits per heavy atom. The molecular formula is C23H29N5OS. The maximum Gasteiger partial charge on any atom is 0.191 e. The van der Waals surface area contributed by atoms with E-state index < -0.39 is 0 Å². The highest BCUT2D eigenvalue weighted by molar-refractivity contribution is 7.13. The number of rotatable bonds is 8. The second-order valence-electron chi connectivity index (χ2n) is 7.36. The highest BCUT2D eigenvalue weighted by atomic mass is 32.1. The Balaban J connectivity index is 1.40. The highest BCUT2D eigenvalue weighted by Crippen LogP contribution is 2.25. The molecule has 1 aliphatic rings. The van der Waals surface area contributed by atoms with Crippen molar-refractivity contribution in [1.82, 2.24) is 20.5 Å². The molecule has 3 heterocycles. The molecule has 0 radical (unpaired) electrons. The van der Waals surface area contributed by atoms with Crippen molar-refractivity contribution in [2.75, 3.05) is 26.2 Å². The first kappa shape index (κ1) is 20.6. The molecular weight excluding hydrogens is 394 g/mol. The van der Waals surface area contributed by atoms with Crippen molar-refractivity contribution in [2.45, 2.75) is 32.4 Å². The van der Waals surface area contributed by atoms with Crippen molar-refractivity contribution in [1.29, 1.82) is 0 Å². The summed E-state index contributed by atoms with van der Waals surface area (Å²) in [6.45, 7) is 6.43. The SMILES string of the molecule is CCNC(=NCc1csc(-c2ccccc2)n1)NCC(c1ccco1)N1CCCC1. The van der Waals surface area contributed by atoms with Crippen LogP contribution < -0.4 is 10.6 Å². The zero-order valence-corrected chi connectivity index (χ0v) is 18.2. The molecule has 158 valence electrons. The number of nitrogens with zero attached hydrogens (tertiary/aromatic N) is 3. The summed E-state index contributed by atoms with van der Waals surface area (Å²) in [5, 5.41) is 9.98. The molecule has 2 N–H and O–H groups in total. The molecule has 0 aliphatic carbocycles. The van der Waals surface area contributed by atoms with Gasteiger partial charge in [-0.3, -0.25) is 4.90 Å². The van der Waals surface area contributed by atoms with Crippen molar-refractivity contribution in [3.05, 3.63) is 65.6 Å². The Morgan fingerprint density at radius 2 is 2.00 bits per heavy atom. The van der Waals surface area contributed by atoms with Gasteiger partial charge in [0.25, 0.3) is 0 Å². The third-order valence-electron chi connectivity index (χ3n) is 5.23. The third-order valence-corrected chi connectivity index (χ3v) is 6.17. The molecule has 0 saturated carbocycles. The number of benzene rings is 1. The van der Waals surface area contributed by atoms with E-state index in [2.05, 4.69) is 46.0 Å². The molecule has 0 spiro atoms. The summed E-state index contributed by atoms with van der Waals surface area (Å²) in [6.07, 6.45) is 4.25. The summed E-state index contributed by atoms with van der Waals surface area (Å²) in [7, 11) is 0. The van der Waals surface area contributed by atoms with Crippen LogP contribution in [-0.2, 0) is 6.54 Å². The summed E-state index contributed by atoms with van der Waals surface area (Å²) >= 11 is 1.66. The number of furan rings is 1. The minimum absolute atomic E-state index is 0.218. The first-order valence-corrected chi connectivity index (χ1v) is 11.5. The molecule has 1 atom stereocenters. The number of hydrogen-bond acceptors (Lipinski definition) is 5. The van der Waals surface area contributed by atoms with E-state index in [1.807, 2.05) is 24.3 Å². The molecule has 1 unspecified atom stereocenters. The molecule has 1 aliphatic heterocycles. The van der Waals surface area contributed by atoms with Gasteiger partial charge in [0.2, 0.25) is 0 Å². The minimum atomic E-state index is 0.218. The van der Waals surface area contributed by atoms with Gasteiger partial charge in [-0.2, -0.15) is 0 Å². The van der Waals surface area contributed by atoms with Crippen molar-refractivity contribution >= 4 is 17.3 Å². The van der Waals surface area contributed by atoms with Crippen LogP contribution in [-0.4, -0.2) is 42.0 Å². The Kier molecular flexibility index (Phi) is 7.16. The molecule has 1 saturated heterocycles. The topological polar surface area (TPSA) is 65.7 Å². The number of nitrogens with one attached hydrogen (secondary N) is 2. The van der Waals surface area contributed by atoms with Gasteiger partial charge in [-0.1, -0.05) is 30.3 Å². The van der Waals surface area contributed by atoms with Gasteiger partial charge in [0.1, 0.15) is 10.8 Å². The van der Waals surface area contributed by atoms with Gasteiger partial charge in [0.05, 0.1) is 24.5 Å². The summed E-state index contributed by atoms with van der Waals surface area (Å²) in [5.74, 6) is 1.81. The first-order chi connectivity index (χ1) is 14.8. The molecule has 1 aromatic carbocycles. The van der Waals surface area contributed by atoms with Crippen LogP contribution in [0.5, 0.6) is 0 Å². The average Bonchev–Trinajstić information content (AvgIpc) is 3.56. The lowest BCUT2D eigenvalue weighted by atomic mass is 10.2. The van der Waals surface area contributed by atoms with Crippen LogP contribution in [0.15, 0.2) is 63.5 Å². The monoisotopic (exact) mass is 423 g/mol. The normalized spacial score (nSPS) is 16.0. The fraction of sp³-hybridized carbons (Fsp3) is 0.391. The van der Waals surface area contributed by atoms with Gasteiger partial charge in [0.15, 0.2) is 5.96 Å². The summed E-state index contributed by atoms with van der Waals surface area (Å²) in [5.41, 5.74) is 2.13. The van der Waals surface area contributed by atoms with E-state index >= 15 is 0 Å². The lowest BCUT2D eigenvalue weighted by molar-refractivity contribution is 0.215. The first-order valence-electron chi connectivity index (χ1n) is 10.6. The predicted molar refractivity (Wildman–Crippen MR) is 123 cm³/mol. The summed E-state index contributed by atoms with van der Waals surface area (Å²) in [6, 6.07) is 14.5. The molecule has 1 fully saturated rings. The summed E-state index contributed by atoms with van der Waals surface area (Å²) < 4.78 is 5.72. The molecule has 0 bridgehead atoms. The fourth-order valence-electron chi connectivity index (χ4n) is 3.73. The Labute approximate surface area is 182 Å². The van der Waals surface area contributed by atoms with E-state index in [9.17, 15) is 0 Å². The van der Waals surface area contributed by atoms with Crippen LogP contribution in [0.25, 0.3) is 10.6 Å². The predicted octanol–water partition coefficient (Wildman–Crippen LogP) is 4.30. The Hall–Kier alpha value is -2.64. The van der Waals surface area contributed by atoms with E-state index in [0.717, 1.165) is 54.2 Å². The van der Waals surface area contributed by atoms with Crippen LogP contribution >= 0.6 is 11.3 Å². The maximum absolute atomic E-state index is 5.72. The zero-order valence-electron chi connectivity index (χ0n) is 17.4. The van der Waals surface area contributed by atoms with E-state index in [0.29, 0.717) is 6.54 Å². The van der Waals surface area contributed by atoms with Crippen LogP contribution in [0, 0.1) is 0 Å². The van der Waals surface area contributed by atoms with Crippen LogP contribution in [0.4, 0.5) is 0 Å². The maximum atomic E-state index is 5.72. The van der Waals surface area contributed by atoms with Crippen molar-refractivity contribution < 1.29 is 4.42 Å². The van der Waals surface area contributed by atoms with Gasteiger partial charge in [0, 0.05) is 24.0 Å². The van der Waals surface area contributed by atoms with E-state index in [1.165, 1.54) is 12.8 Å². The van der Waals surface area contributed by atoms with E-state index in [4.69, 9.17) is 14.4 Å². The Morgan fingerprint density at radius 3 is 2.73 bits per heavy atom. The fourth-order valence-corrected chi connectivity index (χ4v) is 4.55. The largest absolute Gasteiger partial charge is 0.468 e. The number of hydrogen-bond donors (Lipinski definition) is 2. The minimum Gasteiger partial charge on any atom is -0.468 e. The van der Waals surface area contributed by atoms with Crippen molar-refractivity contribution in [3.63, 3.8) is 0 Å². The average molecular weight is 424 g/mol. The van der Waals surface area contributed by atoms with Crippen molar-refractivity contribution in [2.24, 2.45) is 4.99 Å². The third kappa shape index (κ3) is 5.29. The number of likely N-dealkylation sites (tertiary alicyclic amines) is 1. The lowest BCUT2D eigenvalue weighted by Gasteiger charge is -2.26. The quantitative estimate of drug-likeness (QED) is 0.418. The number of aromatic nitrogens is 1. The number of guanidine groups is 1. The molecule has 4 rings (SSSR count). The Bertz CT molecular complexity index is 916. The van der Waals surface area contributed by atoms with Gasteiger partial charge in [-0.05, 0) is 45.0 Å². The van der Waals surface area contributed by atoms with Gasteiger partial charge >= 0.3 is 0 Å². The van der Waals surface area contributed by atoms with Crippen LogP contribution in [0.3, 0.4) is 0 Å². The standard InChI is InChI=1S/C23H29N5OS/c1-2-24-23(25-15-19-17-30-22(27-19)18-9-4-3-5-10-18)26-16-20(21-11-8-14-29-21)28-12-6-7-13-28/h3-5,8-11,14,17,20H,2,6-7,12-13,15-16H2,1H3,(H2,24,25,26).